The highest BCUT2D eigenvalue weighted by Gasteiger charge is 2.19. The first kappa shape index (κ1) is 15.5. The Bertz CT molecular complexity index is 516. The fraction of sp³-hybridized carbons (Fsp3) is 0.529. The molecule has 0 N–H and O–H groups in total. The molecule has 4 nitrogen and oxygen atoms in total. The number of esters is 1. The third kappa shape index (κ3) is 4.31. The molecule has 2 rings (SSSR count). The van der Waals surface area contributed by atoms with E-state index in [4.69, 9.17) is 9.47 Å². The molecule has 21 heavy (non-hydrogen) atoms. The lowest BCUT2D eigenvalue weighted by atomic mass is 9.98. The van der Waals surface area contributed by atoms with Crippen molar-refractivity contribution in [1.82, 2.24) is 0 Å². The largest absolute Gasteiger partial charge is 0.496 e. The summed E-state index contributed by atoms with van der Waals surface area (Å²) in [7, 11) is 1.55. The molecule has 0 bridgehead atoms. The van der Waals surface area contributed by atoms with Gasteiger partial charge in [-0.1, -0.05) is 6.42 Å². The maximum atomic E-state index is 12.1. The topological polar surface area (TPSA) is 52.6 Å². The molecular weight excluding hydrogens is 268 g/mol. The number of methoxy groups -OCH3 is 1. The lowest BCUT2D eigenvalue weighted by Crippen LogP contribution is -2.22. The van der Waals surface area contributed by atoms with Crippen molar-refractivity contribution in [2.24, 2.45) is 0 Å². The first-order valence-corrected chi connectivity index (χ1v) is 7.47. The molecule has 1 saturated carbocycles. The number of rotatable bonds is 5. The molecule has 1 aromatic rings. The normalized spacial score (nSPS) is 15.5. The number of ketones is 1. The lowest BCUT2D eigenvalue weighted by molar-refractivity contribution is -0.149. The minimum atomic E-state index is -0.249. The van der Waals surface area contributed by atoms with Crippen LogP contribution in [0.15, 0.2) is 18.2 Å². The Morgan fingerprint density at radius 3 is 2.52 bits per heavy atom. The molecule has 1 aromatic carbocycles. The van der Waals surface area contributed by atoms with Crippen LogP contribution < -0.4 is 4.74 Å². The summed E-state index contributed by atoms with van der Waals surface area (Å²) in [6.45, 7) is 1.51. The van der Waals surface area contributed by atoms with Gasteiger partial charge in [0.25, 0.3) is 0 Å². The van der Waals surface area contributed by atoms with Crippen LogP contribution in [0.3, 0.4) is 0 Å². The second kappa shape index (κ2) is 7.25. The summed E-state index contributed by atoms with van der Waals surface area (Å²) in [5.74, 6) is 0.334. The molecule has 4 heteroatoms. The Morgan fingerprint density at radius 2 is 1.90 bits per heavy atom. The van der Waals surface area contributed by atoms with Gasteiger partial charge in [-0.3, -0.25) is 9.59 Å². The van der Waals surface area contributed by atoms with Crippen LogP contribution in [0.25, 0.3) is 0 Å². The van der Waals surface area contributed by atoms with Crippen molar-refractivity contribution in [1.29, 1.82) is 0 Å². The number of carbonyl (C=O) groups excluding carboxylic acids is 2. The zero-order valence-corrected chi connectivity index (χ0v) is 12.7. The van der Waals surface area contributed by atoms with Gasteiger partial charge in [-0.15, -0.1) is 0 Å². The zero-order chi connectivity index (χ0) is 15.2. The SMILES string of the molecule is COc1ccc(C(C)=O)cc1CC(=O)OC1CCCCC1. The van der Waals surface area contributed by atoms with Gasteiger partial charge in [0, 0.05) is 11.1 Å². The minimum absolute atomic E-state index is 0.0282. The summed E-state index contributed by atoms with van der Waals surface area (Å²) in [6.07, 6.45) is 5.58. The van der Waals surface area contributed by atoms with Crippen molar-refractivity contribution in [3.8, 4) is 5.75 Å². The molecule has 0 spiro atoms. The Balaban J connectivity index is 2.04. The number of hydrogen-bond donors (Lipinski definition) is 0. The fourth-order valence-electron chi connectivity index (χ4n) is 2.70. The predicted octanol–water partition coefficient (Wildman–Crippen LogP) is 3.32. The van der Waals surface area contributed by atoms with Crippen LogP contribution in [-0.2, 0) is 16.0 Å². The van der Waals surface area contributed by atoms with Gasteiger partial charge in [0.1, 0.15) is 11.9 Å². The average molecular weight is 290 g/mol. The molecule has 0 atom stereocenters. The molecule has 0 saturated heterocycles. The third-order valence-corrected chi connectivity index (χ3v) is 3.87. The van der Waals surface area contributed by atoms with E-state index in [1.165, 1.54) is 13.3 Å². The van der Waals surface area contributed by atoms with E-state index in [1.54, 1.807) is 25.3 Å². The van der Waals surface area contributed by atoms with Crippen molar-refractivity contribution in [3.63, 3.8) is 0 Å². The Labute approximate surface area is 125 Å². The summed E-state index contributed by atoms with van der Waals surface area (Å²) in [5, 5.41) is 0. The van der Waals surface area contributed by atoms with E-state index in [0.717, 1.165) is 25.7 Å². The second-order valence-corrected chi connectivity index (χ2v) is 5.51. The van der Waals surface area contributed by atoms with E-state index in [2.05, 4.69) is 0 Å². The maximum Gasteiger partial charge on any atom is 0.310 e. The van der Waals surface area contributed by atoms with E-state index in [-0.39, 0.29) is 24.3 Å². The van der Waals surface area contributed by atoms with Gasteiger partial charge in [-0.05, 0) is 50.8 Å². The number of ether oxygens (including phenoxy) is 2. The van der Waals surface area contributed by atoms with E-state index >= 15 is 0 Å². The Morgan fingerprint density at radius 1 is 1.19 bits per heavy atom. The quantitative estimate of drug-likeness (QED) is 0.616. The van der Waals surface area contributed by atoms with Crippen LogP contribution >= 0.6 is 0 Å². The molecule has 0 radical (unpaired) electrons. The van der Waals surface area contributed by atoms with Gasteiger partial charge in [-0.25, -0.2) is 0 Å². The highest BCUT2D eigenvalue weighted by Crippen LogP contribution is 2.24. The molecule has 0 aromatic heterocycles. The van der Waals surface area contributed by atoms with Crippen molar-refractivity contribution in [2.45, 2.75) is 51.6 Å². The van der Waals surface area contributed by atoms with Crippen LogP contribution in [0.5, 0.6) is 5.75 Å². The fourth-order valence-corrected chi connectivity index (χ4v) is 2.70. The third-order valence-electron chi connectivity index (χ3n) is 3.87. The Hall–Kier alpha value is -1.84. The predicted molar refractivity (Wildman–Crippen MR) is 79.7 cm³/mol. The summed E-state index contributed by atoms with van der Waals surface area (Å²) >= 11 is 0. The van der Waals surface area contributed by atoms with Gasteiger partial charge in [0.05, 0.1) is 13.5 Å². The second-order valence-electron chi connectivity index (χ2n) is 5.51. The van der Waals surface area contributed by atoms with Crippen LogP contribution in [0, 0.1) is 0 Å². The van der Waals surface area contributed by atoms with E-state index in [0.29, 0.717) is 16.9 Å². The molecule has 1 aliphatic rings. The number of hydrogen-bond acceptors (Lipinski definition) is 4. The summed E-state index contributed by atoms with van der Waals surface area (Å²) in [6, 6.07) is 5.14. The molecule has 1 fully saturated rings. The van der Waals surface area contributed by atoms with E-state index in [1.807, 2.05) is 0 Å². The summed E-state index contributed by atoms with van der Waals surface area (Å²) in [5.41, 5.74) is 1.28. The number of Topliss-reactive ketones (excluding diaryl/α,β-unsaturated/α-hetero) is 1. The first-order valence-electron chi connectivity index (χ1n) is 7.47. The lowest BCUT2D eigenvalue weighted by Gasteiger charge is -2.22. The van der Waals surface area contributed by atoms with Crippen molar-refractivity contribution in [3.05, 3.63) is 29.3 Å². The van der Waals surface area contributed by atoms with Crippen LogP contribution in [0.4, 0.5) is 0 Å². The van der Waals surface area contributed by atoms with Gasteiger partial charge in [0.2, 0.25) is 0 Å². The summed E-state index contributed by atoms with van der Waals surface area (Å²) < 4.78 is 10.8. The van der Waals surface area contributed by atoms with Crippen molar-refractivity contribution >= 4 is 11.8 Å². The standard InChI is InChI=1S/C17H22O4/c1-12(18)13-8-9-16(20-2)14(10-13)11-17(19)21-15-6-4-3-5-7-15/h8-10,15H,3-7,11H2,1-2H3. The molecule has 114 valence electrons. The van der Waals surface area contributed by atoms with Gasteiger partial charge in [0.15, 0.2) is 5.78 Å². The van der Waals surface area contributed by atoms with E-state index < -0.39 is 0 Å². The molecule has 1 aliphatic carbocycles. The molecular formula is C17H22O4. The first-order chi connectivity index (χ1) is 10.1. The smallest absolute Gasteiger partial charge is 0.310 e. The Kier molecular flexibility index (Phi) is 5.37. The van der Waals surface area contributed by atoms with Gasteiger partial charge < -0.3 is 9.47 Å². The average Bonchev–Trinajstić information content (AvgIpc) is 2.48. The molecule has 0 heterocycles. The highest BCUT2D eigenvalue weighted by molar-refractivity contribution is 5.94. The number of carbonyl (C=O) groups is 2. The van der Waals surface area contributed by atoms with Crippen LogP contribution in [0.2, 0.25) is 0 Å². The molecule has 0 unspecified atom stereocenters. The van der Waals surface area contributed by atoms with Crippen LogP contribution in [-0.4, -0.2) is 25.0 Å². The molecule has 0 aliphatic heterocycles. The van der Waals surface area contributed by atoms with Gasteiger partial charge >= 0.3 is 5.97 Å². The minimum Gasteiger partial charge on any atom is -0.496 e. The zero-order valence-electron chi connectivity index (χ0n) is 12.7. The molecule has 0 amide bonds. The number of benzene rings is 1. The van der Waals surface area contributed by atoms with Crippen LogP contribution in [0.1, 0.15) is 54.9 Å². The maximum absolute atomic E-state index is 12.1. The van der Waals surface area contributed by atoms with E-state index in [9.17, 15) is 9.59 Å². The highest BCUT2D eigenvalue weighted by atomic mass is 16.5. The van der Waals surface area contributed by atoms with Crippen molar-refractivity contribution < 1.29 is 19.1 Å². The monoisotopic (exact) mass is 290 g/mol. The van der Waals surface area contributed by atoms with Gasteiger partial charge in [-0.2, -0.15) is 0 Å². The van der Waals surface area contributed by atoms with Crippen molar-refractivity contribution in [2.75, 3.05) is 7.11 Å². The summed E-state index contributed by atoms with van der Waals surface area (Å²) in [4.78, 5) is 23.5.